The van der Waals surface area contributed by atoms with Gasteiger partial charge in [0.05, 0.1) is 6.26 Å². The van der Waals surface area contributed by atoms with Gasteiger partial charge in [-0.25, -0.2) is 12.7 Å². The first kappa shape index (κ1) is 15.2. The molecular weight excluding hydrogens is 232 g/mol. The van der Waals surface area contributed by atoms with Crippen molar-refractivity contribution in [3.8, 4) is 0 Å². The first-order chi connectivity index (χ1) is 6.88. The third-order valence-corrected chi connectivity index (χ3v) is 4.52. The average molecular weight is 254 g/mol. The Bertz CT molecular complexity index is 255. The molecule has 0 aromatic carbocycles. The van der Waals surface area contributed by atoms with Gasteiger partial charge < -0.3 is 5.32 Å². The Hall–Kier alpha value is 0.220. The van der Waals surface area contributed by atoms with Crippen LogP contribution in [-0.2, 0) is 10.0 Å². The Kier molecular flexibility index (Phi) is 7.60. The van der Waals surface area contributed by atoms with Gasteiger partial charge in [-0.1, -0.05) is 6.92 Å². The van der Waals surface area contributed by atoms with E-state index in [1.165, 1.54) is 10.6 Å². The standard InChI is InChI=1S/C9H22N2O2S2/c1-5-14-8-9(2)10-6-7-11(3)15(4,12)13/h9-10H,5-8H2,1-4H3. The van der Waals surface area contributed by atoms with E-state index in [1.54, 1.807) is 7.05 Å². The van der Waals surface area contributed by atoms with Crippen molar-refractivity contribution in [3.63, 3.8) is 0 Å². The van der Waals surface area contributed by atoms with Gasteiger partial charge in [0.2, 0.25) is 10.0 Å². The van der Waals surface area contributed by atoms with Crippen LogP contribution < -0.4 is 5.32 Å². The molecule has 15 heavy (non-hydrogen) atoms. The molecular formula is C9H22N2O2S2. The Morgan fingerprint density at radius 3 is 2.53 bits per heavy atom. The minimum absolute atomic E-state index is 0.433. The van der Waals surface area contributed by atoms with E-state index in [-0.39, 0.29) is 0 Å². The van der Waals surface area contributed by atoms with Crippen molar-refractivity contribution < 1.29 is 8.42 Å². The van der Waals surface area contributed by atoms with Crippen LogP contribution in [0.3, 0.4) is 0 Å². The van der Waals surface area contributed by atoms with Crippen molar-refractivity contribution in [2.45, 2.75) is 19.9 Å². The van der Waals surface area contributed by atoms with Crippen LogP contribution in [0.2, 0.25) is 0 Å². The molecule has 92 valence electrons. The molecule has 6 heteroatoms. The Balaban J connectivity index is 3.61. The first-order valence-electron chi connectivity index (χ1n) is 5.10. The van der Waals surface area contributed by atoms with Gasteiger partial charge in [-0.05, 0) is 12.7 Å². The van der Waals surface area contributed by atoms with Crippen LogP contribution >= 0.6 is 11.8 Å². The first-order valence-corrected chi connectivity index (χ1v) is 8.10. The maximum atomic E-state index is 11.1. The number of sulfonamides is 1. The quantitative estimate of drug-likeness (QED) is 0.689. The Morgan fingerprint density at radius 1 is 1.47 bits per heavy atom. The van der Waals surface area contributed by atoms with E-state index in [9.17, 15) is 8.42 Å². The van der Waals surface area contributed by atoms with Crippen LogP contribution in [0.25, 0.3) is 0 Å². The molecule has 0 aliphatic heterocycles. The van der Waals surface area contributed by atoms with Crippen molar-refractivity contribution in [2.75, 3.05) is 37.9 Å². The highest BCUT2D eigenvalue weighted by Crippen LogP contribution is 2.00. The smallest absolute Gasteiger partial charge is 0.210 e. The summed E-state index contributed by atoms with van der Waals surface area (Å²) in [4.78, 5) is 0. The van der Waals surface area contributed by atoms with Gasteiger partial charge in [0.1, 0.15) is 0 Å². The summed E-state index contributed by atoms with van der Waals surface area (Å²) in [5.41, 5.74) is 0. The molecule has 1 unspecified atom stereocenters. The fraction of sp³-hybridized carbons (Fsp3) is 1.00. The molecule has 0 radical (unpaired) electrons. The maximum Gasteiger partial charge on any atom is 0.210 e. The number of hydrogen-bond donors (Lipinski definition) is 1. The molecule has 0 spiro atoms. The maximum absolute atomic E-state index is 11.1. The van der Waals surface area contributed by atoms with Gasteiger partial charge in [0.15, 0.2) is 0 Å². The molecule has 0 aliphatic rings. The summed E-state index contributed by atoms with van der Waals surface area (Å²) in [7, 11) is -1.43. The van der Waals surface area contributed by atoms with E-state index in [0.717, 1.165) is 11.5 Å². The van der Waals surface area contributed by atoms with E-state index in [4.69, 9.17) is 0 Å². The lowest BCUT2D eigenvalue weighted by Crippen LogP contribution is -2.37. The average Bonchev–Trinajstić information content (AvgIpc) is 2.13. The molecule has 0 bridgehead atoms. The zero-order valence-corrected chi connectivity index (χ0v) is 11.6. The monoisotopic (exact) mass is 254 g/mol. The molecule has 0 aromatic rings. The minimum atomic E-state index is -3.03. The number of thioether (sulfide) groups is 1. The van der Waals surface area contributed by atoms with Crippen molar-refractivity contribution in [1.82, 2.24) is 9.62 Å². The molecule has 0 heterocycles. The summed E-state index contributed by atoms with van der Waals surface area (Å²) < 4.78 is 23.5. The van der Waals surface area contributed by atoms with Gasteiger partial charge in [-0.2, -0.15) is 11.8 Å². The van der Waals surface area contributed by atoms with E-state index >= 15 is 0 Å². The summed E-state index contributed by atoms with van der Waals surface area (Å²) in [6.45, 7) is 5.48. The number of hydrogen-bond acceptors (Lipinski definition) is 4. The Morgan fingerprint density at radius 2 is 2.07 bits per heavy atom. The lowest BCUT2D eigenvalue weighted by Gasteiger charge is -2.17. The predicted molar refractivity (Wildman–Crippen MR) is 67.9 cm³/mol. The van der Waals surface area contributed by atoms with Gasteiger partial charge >= 0.3 is 0 Å². The second kappa shape index (κ2) is 7.49. The molecule has 0 saturated carbocycles. The molecule has 1 atom stereocenters. The SMILES string of the molecule is CCSCC(C)NCCN(C)S(C)(=O)=O. The van der Waals surface area contributed by atoms with Gasteiger partial charge in [0, 0.05) is 31.9 Å². The summed E-state index contributed by atoms with van der Waals surface area (Å²) in [6.07, 6.45) is 1.23. The van der Waals surface area contributed by atoms with Gasteiger partial charge in [0.25, 0.3) is 0 Å². The van der Waals surface area contributed by atoms with Crippen molar-refractivity contribution in [3.05, 3.63) is 0 Å². The summed E-state index contributed by atoms with van der Waals surface area (Å²) in [6, 6.07) is 0.433. The van der Waals surface area contributed by atoms with Crippen LogP contribution in [-0.4, -0.2) is 56.7 Å². The zero-order valence-electron chi connectivity index (χ0n) is 9.99. The van der Waals surface area contributed by atoms with Crippen LogP contribution in [0.1, 0.15) is 13.8 Å². The van der Waals surface area contributed by atoms with Crippen molar-refractivity contribution >= 4 is 21.8 Å². The number of rotatable bonds is 8. The summed E-state index contributed by atoms with van der Waals surface area (Å²) in [5, 5.41) is 3.29. The zero-order chi connectivity index (χ0) is 11.9. The highest BCUT2D eigenvalue weighted by molar-refractivity contribution is 7.99. The van der Waals surface area contributed by atoms with Gasteiger partial charge in [-0.15, -0.1) is 0 Å². The van der Waals surface area contributed by atoms with E-state index in [0.29, 0.717) is 19.1 Å². The molecule has 0 aliphatic carbocycles. The molecule has 0 amide bonds. The van der Waals surface area contributed by atoms with E-state index in [2.05, 4.69) is 19.2 Å². The molecule has 0 fully saturated rings. The second-order valence-electron chi connectivity index (χ2n) is 3.60. The molecule has 0 aromatic heterocycles. The van der Waals surface area contributed by atoms with Crippen LogP contribution in [0.15, 0.2) is 0 Å². The molecule has 4 nitrogen and oxygen atoms in total. The normalized spacial score (nSPS) is 14.5. The predicted octanol–water partition coefficient (Wildman–Crippen LogP) is 0.609. The number of nitrogens with one attached hydrogen (secondary N) is 1. The van der Waals surface area contributed by atoms with E-state index < -0.39 is 10.0 Å². The van der Waals surface area contributed by atoms with Gasteiger partial charge in [-0.3, -0.25) is 0 Å². The minimum Gasteiger partial charge on any atom is -0.312 e. The fourth-order valence-electron chi connectivity index (χ4n) is 0.988. The summed E-state index contributed by atoms with van der Waals surface area (Å²) >= 11 is 1.89. The lowest BCUT2D eigenvalue weighted by molar-refractivity contribution is 0.452. The largest absolute Gasteiger partial charge is 0.312 e. The topological polar surface area (TPSA) is 49.4 Å². The Labute approximate surface area is 97.9 Å². The molecule has 1 N–H and O–H groups in total. The second-order valence-corrected chi connectivity index (χ2v) is 7.01. The number of likely N-dealkylation sites (N-methyl/N-ethyl adjacent to an activating group) is 1. The molecule has 0 rings (SSSR count). The van der Waals surface area contributed by atoms with Crippen molar-refractivity contribution in [1.29, 1.82) is 0 Å². The highest BCUT2D eigenvalue weighted by Gasteiger charge is 2.10. The lowest BCUT2D eigenvalue weighted by atomic mass is 10.4. The summed E-state index contributed by atoms with van der Waals surface area (Å²) in [5.74, 6) is 2.19. The third kappa shape index (κ3) is 8.07. The highest BCUT2D eigenvalue weighted by atomic mass is 32.2. The van der Waals surface area contributed by atoms with Crippen LogP contribution in [0.4, 0.5) is 0 Å². The molecule has 0 saturated heterocycles. The number of nitrogens with zero attached hydrogens (tertiary/aromatic N) is 1. The van der Waals surface area contributed by atoms with Crippen molar-refractivity contribution in [2.24, 2.45) is 0 Å². The fourth-order valence-corrected chi connectivity index (χ4v) is 2.12. The van der Waals surface area contributed by atoms with Crippen LogP contribution in [0, 0.1) is 0 Å². The third-order valence-electron chi connectivity index (χ3n) is 2.06. The van der Waals surface area contributed by atoms with E-state index in [1.807, 2.05) is 11.8 Å². The van der Waals surface area contributed by atoms with Crippen LogP contribution in [0.5, 0.6) is 0 Å².